The fraction of sp³-hybridized carbons (Fsp3) is 0.522. The van der Waals surface area contributed by atoms with Crippen molar-refractivity contribution in [2.45, 2.75) is 26.7 Å². The van der Waals surface area contributed by atoms with Gasteiger partial charge in [-0.3, -0.25) is 23.9 Å². The Kier molecular flexibility index (Phi) is 8.52. The van der Waals surface area contributed by atoms with Gasteiger partial charge in [0.1, 0.15) is 21.8 Å². The number of carbonyl (C=O) groups is 2. The highest BCUT2D eigenvalue weighted by Crippen LogP contribution is 2.36. The van der Waals surface area contributed by atoms with Gasteiger partial charge in [-0.1, -0.05) is 24.0 Å². The fourth-order valence-corrected chi connectivity index (χ4v) is 5.48. The van der Waals surface area contributed by atoms with E-state index in [9.17, 15) is 19.6 Å². The summed E-state index contributed by atoms with van der Waals surface area (Å²) < 4.78 is 12.1. The molecule has 0 radical (unpaired) electrons. The standard InChI is InChI=1S/C23H28N4O5S2/c1-5-32-22(30)15-6-8-26(9-7-15)19-16(14(2)17(13-24)20(28)25(19)3)12-18-21(29)27(10-11-31-4)23(33)34-18/h12,15H,5-11H2,1-4H3/b18-12-. The van der Waals surface area contributed by atoms with Crippen LogP contribution >= 0.6 is 24.0 Å². The van der Waals surface area contributed by atoms with Crippen LogP contribution in [0.2, 0.25) is 0 Å². The van der Waals surface area contributed by atoms with Crippen molar-refractivity contribution in [2.24, 2.45) is 13.0 Å². The van der Waals surface area contributed by atoms with Crippen LogP contribution in [0.15, 0.2) is 9.70 Å². The molecule has 0 aromatic carbocycles. The molecule has 2 aliphatic heterocycles. The van der Waals surface area contributed by atoms with Crippen molar-refractivity contribution in [1.29, 1.82) is 5.26 Å². The normalized spacial score (nSPS) is 18.0. The van der Waals surface area contributed by atoms with Gasteiger partial charge in [-0.2, -0.15) is 5.26 Å². The summed E-state index contributed by atoms with van der Waals surface area (Å²) in [5.74, 6) is -0.00283. The third-order valence-corrected chi connectivity index (χ3v) is 7.43. The molecule has 0 atom stereocenters. The summed E-state index contributed by atoms with van der Waals surface area (Å²) in [4.78, 5) is 42.0. The van der Waals surface area contributed by atoms with Crippen LogP contribution in [0.25, 0.3) is 6.08 Å². The molecule has 1 aromatic heterocycles. The number of amides is 1. The minimum atomic E-state index is -0.396. The third kappa shape index (κ3) is 5.04. The zero-order valence-corrected chi connectivity index (χ0v) is 21.4. The molecule has 2 saturated heterocycles. The lowest BCUT2D eigenvalue weighted by Gasteiger charge is -2.35. The molecule has 3 rings (SSSR count). The lowest BCUT2D eigenvalue weighted by molar-refractivity contribution is -0.148. The number of thiocarbonyl (C=S) groups is 1. The number of piperidine rings is 1. The Morgan fingerprint density at radius 3 is 2.59 bits per heavy atom. The Morgan fingerprint density at radius 1 is 1.32 bits per heavy atom. The molecule has 0 bridgehead atoms. The number of anilines is 1. The van der Waals surface area contributed by atoms with Crippen molar-refractivity contribution in [1.82, 2.24) is 9.47 Å². The van der Waals surface area contributed by atoms with E-state index in [0.29, 0.717) is 71.9 Å². The van der Waals surface area contributed by atoms with E-state index in [1.165, 1.54) is 21.2 Å². The number of nitrogens with zero attached hydrogens (tertiary/aromatic N) is 4. The van der Waals surface area contributed by atoms with Gasteiger partial charge in [0.05, 0.1) is 30.6 Å². The third-order valence-electron chi connectivity index (χ3n) is 6.05. The SMILES string of the molecule is CCOC(=O)C1CCN(c2c(/C=C3\SC(=S)N(CCOC)C3=O)c(C)c(C#N)c(=O)n2C)CC1. The van der Waals surface area contributed by atoms with E-state index in [-0.39, 0.29) is 23.4 Å². The Labute approximate surface area is 208 Å². The Bertz CT molecular complexity index is 1130. The number of hydrogen-bond acceptors (Lipinski definition) is 9. The van der Waals surface area contributed by atoms with E-state index >= 15 is 0 Å². The first-order valence-corrected chi connectivity index (χ1v) is 12.3. The van der Waals surface area contributed by atoms with Crippen molar-refractivity contribution < 1.29 is 19.1 Å². The zero-order valence-electron chi connectivity index (χ0n) is 19.8. The minimum absolute atomic E-state index is 0.0359. The summed E-state index contributed by atoms with van der Waals surface area (Å²) >= 11 is 6.57. The number of hydrogen-bond donors (Lipinski definition) is 0. The smallest absolute Gasteiger partial charge is 0.309 e. The summed E-state index contributed by atoms with van der Waals surface area (Å²) in [6, 6.07) is 2.01. The van der Waals surface area contributed by atoms with Crippen molar-refractivity contribution >= 4 is 52.1 Å². The summed E-state index contributed by atoms with van der Waals surface area (Å²) in [7, 11) is 3.18. The molecule has 0 aliphatic carbocycles. The van der Waals surface area contributed by atoms with Crippen molar-refractivity contribution in [3.63, 3.8) is 0 Å². The first-order valence-electron chi connectivity index (χ1n) is 11.0. The highest BCUT2D eigenvalue weighted by atomic mass is 32.2. The minimum Gasteiger partial charge on any atom is -0.466 e. The highest BCUT2D eigenvalue weighted by molar-refractivity contribution is 8.26. The molecular formula is C23H28N4O5S2. The van der Waals surface area contributed by atoms with E-state index in [1.807, 2.05) is 11.0 Å². The number of rotatable bonds is 7. The molecule has 182 valence electrons. The average molecular weight is 505 g/mol. The van der Waals surface area contributed by atoms with E-state index < -0.39 is 5.56 Å². The number of methoxy groups -OCH3 is 1. The van der Waals surface area contributed by atoms with E-state index in [0.717, 1.165) is 0 Å². The van der Waals surface area contributed by atoms with Crippen LogP contribution in [-0.2, 0) is 26.1 Å². The van der Waals surface area contributed by atoms with Gasteiger partial charge in [-0.25, -0.2) is 0 Å². The second kappa shape index (κ2) is 11.2. The lowest BCUT2D eigenvalue weighted by atomic mass is 9.95. The molecule has 11 heteroatoms. The van der Waals surface area contributed by atoms with Crippen LogP contribution in [0.1, 0.15) is 36.5 Å². The van der Waals surface area contributed by atoms with Gasteiger partial charge in [0.2, 0.25) is 0 Å². The Morgan fingerprint density at radius 2 is 2.00 bits per heavy atom. The van der Waals surface area contributed by atoms with Crippen molar-refractivity contribution in [3.8, 4) is 6.07 Å². The summed E-state index contributed by atoms with van der Waals surface area (Å²) in [5.41, 5.74) is 0.775. The number of ether oxygens (including phenoxy) is 2. The van der Waals surface area contributed by atoms with Gasteiger partial charge < -0.3 is 14.4 Å². The first-order chi connectivity index (χ1) is 16.2. The zero-order chi connectivity index (χ0) is 25.0. The summed E-state index contributed by atoms with van der Waals surface area (Å²) in [6.07, 6.45) is 2.89. The summed E-state index contributed by atoms with van der Waals surface area (Å²) in [6.45, 7) is 5.63. The molecular weight excluding hydrogens is 476 g/mol. The molecule has 2 fully saturated rings. The topological polar surface area (TPSA) is 105 Å². The van der Waals surface area contributed by atoms with E-state index in [4.69, 9.17) is 21.7 Å². The van der Waals surface area contributed by atoms with Gasteiger partial charge in [0, 0.05) is 32.8 Å². The lowest BCUT2D eigenvalue weighted by Crippen LogP contribution is -2.40. The summed E-state index contributed by atoms with van der Waals surface area (Å²) in [5, 5.41) is 9.63. The van der Waals surface area contributed by atoms with Gasteiger partial charge in [0.25, 0.3) is 11.5 Å². The van der Waals surface area contributed by atoms with Crippen LogP contribution in [0.3, 0.4) is 0 Å². The largest absolute Gasteiger partial charge is 0.466 e. The molecule has 34 heavy (non-hydrogen) atoms. The number of esters is 1. The van der Waals surface area contributed by atoms with Crippen LogP contribution in [0.4, 0.5) is 5.82 Å². The molecule has 1 aromatic rings. The predicted octanol–water partition coefficient (Wildman–Crippen LogP) is 2.19. The highest BCUT2D eigenvalue weighted by Gasteiger charge is 2.34. The Hall–Kier alpha value is -2.68. The molecule has 0 N–H and O–H groups in total. The van der Waals surface area contributed by atoms with Crippen molar-refractivity contribution in [3.05, 3.63) is 31.9 Å². The van der Waals surface area contributed by atoms with Crippen molar-refractivity contribution in [2.75, 3.05) is 44.9 Å². The van der Waals surface area contributed by atoms with E-state index in [2.05, 4.69) is 0 Å². The molecule has 3 heterocycles. The van der Waals surface area contributed by atoms with Crippen LogP contribution in [0, 0.1) is 24.2 Å². The molecule has 1 amide bonds. The molecule has 0 unspecified atom stereocenters. The quantitative estimate of drug-likeness (QED) is 0.314. The molecule has 9 nitrogen and oxygen atoms in total. The van der Waals surface area contributed by atoms with Crippen LogP contribution in [-0.4, -0.2) is 65.6 Å². The first kappa shape index (κ1) is 25.9. The fourth-order valence-electron chi connectivity index (χ4n) is 4.19. The number of pyridine rings is 1. The van der Waals surface area contributed by atoms with Crippen LogP contribution in [0.5, 0.6) is 0 Å². The molecule has 0 saturated carbocycles. The molecule has 2 aliphatic rings. The van der Waals surface area contributed by atoms with Gasteiger partial charge in [-0.15, -0.1) is 0 Å². The number of thioether (sulfide) groups is 1. The average Bonchev–Trinajstić information content (AvgIpc) is 3.09. The Balaban J connectivity index is 2.02. The second-order valence-electron chi connectivity index (χ2n) is 8.05. The van der Waals surface area contributed by atoms with Gasteiger partial charge in [0.15, 0.2) is 0 Å². The molecule has 0 spiro atoms. The van der Waals surface area contributed by atoms with E-state index in [1.54, 1.807) is 34.1 Å². The second-order valence-corrected chi connectivity index (χ2v) is 9.73. The maximum Gasteiger partial charge on any atom is 0.309 e. The maximum absolute atomic E-state index is 13.0. The van der Waals surface area contributed by atoms with Crippen LogP contribution < -0.4 is 10.5 Å². The predicted molar refractivity (Wildman–Crippen MR) is 134 cm³/mol. The van der Waals surface area contributed by atoms with Gasteiger partial charge >= 0.3 is 5.97 Å². The maximum atomic E-state index is 13.0. The van der Waals surface area contributed by atoms with Gasteiger partial charge in [-0.05, 0) is 38.3 Å². The number of carbonyl (C=O) groups excluding carboxylic acids is 2. The number of aromatic nitrogens is 1. The number of nitriles is 1. The monoisotopic (exact) mass is 504 g/mol.